The van der Waals surface area contributed by atoms with E-state index in [2.05, 4.69) is 13.0 Å². The van der Waals surface area contributed by atoms with Crippen LogP contribution in [-0.2, 0) is 0 Å². The van der Waals surface area contributed by atoms with Crippen LogP contribution in [0.25, 0.3) is 0 Å². The second-order valence-electron chi connectivity index (χ2n) is 3.94. The van der Waals surface area contributed by atoms with Crippen molar-refractivity contribution in [2.45, 2.75) is 51.6 Å². The Morgan fingerprint density at radius 2 is 2.18 bits per heavy atom. The first-order valence-electron chi connectivity index (χ1n) is 4.48. The van der Waals surface area contributed by atoms with Crippen molar-refractivity contribution in [3.05, 3.63) is 11.6 Å². The molecule has 0 saturated heterocycles. The number of aliphatic hydroxyl groups is 1. The number of allylic oxidation sites excluding steroid dienone is 2. The zero-order valence-electron chi connectivity index (χ0n) is 7.56. The number of hydrogen-bond acceptors (Lipinski definition) is 1. The van der Waals surface area contributed by atoms with Crippen molar-refractivity contribution >= 4 is 0 Å². The largest absolute Gasteiger partial charge is 0.390 e. The molecule has 1 N–H and O–H groups in total. The first-order chi connectivity index (χ1) is 5.10. The highest BCUT2D eigenvalue weighted by Crippen LogP contribution is 2.25. The highest BCUT2D eigenvalue weighted by atomic mass is 16.3. The van der Waals surface area contributed by atoms with Crippen LogP contribution in [0, 0.1) is 0 Å². The van der Waals surface area contributed by atoms with Crippen molar-refractivity contribution in [1.82, 2.24) is 0 Å². The third-order valence-corrected chi connectivity index (χ3v) is 2.47. The molecule has 1 unspecified atom stereocenters. The van der Waals surface area contributed by atoms with Gasteiger partial charge in [-0.05, 0) is 46.0 Å². The Labute approximate surface area is 69.1 Å². The van der Waals surface area contributed by atoms with E-state index < -0.39 is 5.60 Å². The molecule has 0 radical (unpaired) electrons. The molecule has 11 heavy (non-hydrogen) atoms. The van der Waals surface area contributed by atoms with E-state index in [1.807, 2.05) is 6.92 Å². The SMILES string of the molecule is CC1=CCCCC(C)(O)CC1. The number of rotatable bonds is 0. The first kappa shape index (κ1) is 8.79. The van der Waals surface area contributed by atoms with Crippen LogP contribution in [0.1, 0.15) is 46.0 Å². The van der Waals surface area contributed by atoms with Crippen molar-refractivity contribution in [2.24, 2.45) is 0 Å². The summed E-state index contributed by atoms with van der Waals surface area (Å²) in [4.78, 5) is 0. The van der Waals surface area contributed by atoms with Crippen molar-refractivity contribution in [2.75, 3.05) is 0 Å². The lowest BCUT2D eigenvalue weighted by molar-refractivity contribution is 0.0394. The van der Waals surface area contributed by atoms with Gasteiger partial charge in [-0.1, -0.05) is 11.6 Å². The summed E-state index contributed by atoms with van der Waals surface area (Å²) >= 11 is 0. The van der Waals surface area contributed by atoms with Crippen LogP contribution in [0.5, 0.6) is 0 Å². The summed E-state index contributed by atoms with van der Waals surface area (Å²) in [5.74, 6) is 0. The molecule has 64 valence electrons. The van der Waals surface area contributed by atoms with Crippen LogP contribution in [0.3, 0.4) is 0 Å². The lowest BCUT2D eigenvalue weighted by Crippen LogP contribution is -2.24. The fourth-order valence-electron chi connectivity index (χ4n) is 1.52. The Morgan fingerprint density at radius 3 is 2.91 bits per heavy atom. The van der Waals surface area contributed by atoms with Crippen molar-refractivity contribution in [1.29, 1.82) is 0 Å². The summed E-state index contributed by atoms with van der Waals surface area (Å²) in [5, 5.41) is 9.77. The molecule has 1 atom stereocenters. The molecular formula is C10H18O. The molecule has 0 heterocycles. The fraction of sp³-hybridized carbons (Fsp3) is 0.800. The fourth-order valence-corrected chi connectivity index (χ4v) is 1.52. The van der Waals surface area contributed by atoms with Crippen LogP contribution in [0.4, 0.5) is 0 Å². The summed E-state index contributed by atoms with van der Waals surface area (Å²) in [6, 6.07) is 0. The molecule has 1 heteroatoms. The molecule has 0 aromatic carbocycles. The molecule has 0 aromatic rings. The van der Waals surface area contributed by atoms with Gasteiger partial charge in [0.1, 0.15) is 0 Å². The molecule has 0 amide bonds. The zero-order chi connectivity index (χ0) is 8.32. The summed E-state index contributed by atoms with van der Waals surface area (Å²) in [6.07, 6.45) is 7.51. The quantitative estimate of drug-likeness (QED) is 0.532. The van der Waals surface area contributed by atoms with Gasteiger partial charge in [-0.15, -0.1) is 0 Å². The Kier molecular flexibility index (Phi) is 2.72. The molecule has 0 aromatic heterocycles. The average molecular weight is 154 g/mol. The van der Waals surface area contributed by atoms with E-state index in [0.29, 0.717) is 0 Å². The van der Waals surface area contributed by atoms with Crippen molar-refractivity contribution < 1.29 is 5.11 Å². The van der Waals surface area contributed by atoms with Crippen molar-refractivity contribution in [3.63, 3.8) is 0 Å². The Morgan fingerprint density at radius 1 is 1.45 bits per heavy atom. The standard InChI is InChI=1S/C10H18O/c1-9-5-3-4-7-10(2,11)8-6-9/h5,11H,3-4,6-8H2,1-2H3. The van der Waals surface area contributed by atoms with Gasteiger partial charge >= 0.3 is 0 Å². The minimum atomic E-state index is -0.407. The van der Waals surface area contributed by atoms with Crippen LogP contribution in [-0.4, -0.2) is 10.7 Å². The predicted molar refractivity (Wildman–Crippen MR) is 47.5 cm³/mol. The van der Waals surface area contributed by atoms with Crippen LogP contribution in [0.15, 0.2) is 11.6 Å². The van der Waals surface area contributed by atoms with Gasteiger partial charge in [0, 0.05) is 0 Å². The van der Waals surface area contributed by atoms with E-state index >= 15 is 0 Å². The topological polar surface area (TPSA) is 20.2 Å². The summed E-state index contributed by atoms with van der Waals surface area (Å²) in [6.45, 7) is 4.10. The van der Waals surface area contributed by atoms with Crippen LogP contribution >= 0.6 is 0 Å². The highest BCUT2D eigenvalue weighted by Gasteiger charge is 2.20. The van der Waals surface area contributed by atoms with Gasteiger partial charge in [0.15, 0.2) is 0 Å². The van der Waals surface area contributed by atoms with E-state index in [-0.39, 0.29) is 0 Å². The minimum Gasteiger partial charge on any atom is -0.390 e. The normalized spacial score (nSPS) is 33.9. The van der Waals surface area contributed by atoms with Gasteiger partial charge in [-0.25, -0.2) is 0 Å². The summed E-state index contributed by atoms with van der Waals surface area (Å²) in [5.41, 5.74) is 1.03. The van der Waals surface area contributed by atoms with Gasteiger partial charge < -0.3 is 5.11 Å². The van der Waals surface area contributed by atoms with E-state index in [1.165, 1.54) is 5.57 Å². The van der Waals surface area contributed by atoms with Gasteiger partial charge in [-0.2, -0.15) is 0 Å². The molecule has 0 saturated carbocycles. The van der Waals surface area contributed by atoms with Gasteiger partial charge in [-0.3, -0.25) is 0 Å². The van der Waals surface area contributed by atoms with E-state index in [1.54, 1.807) is 0 Å². The molecule has 1 aliphatic rings. The predicted octanol–water partition coefficient (Wildman–Crippen LogP) is 2.65. The molecule has 0 aliphatic heterocycles. The number of hydrogen-bond donors (Lipinski definition) is 1. The van der Waals surface area contributed by atoms with Gasteiger partial charge in [0.05, 0.1) is 5.60 Å². The van der Waals surface area contributed by atoms with Gasteiger partial charge in [0.2, 0.25) is 0 Å². The third kappa shape index (κ3) is 3.06. The Hall–Kier alpha value is -0.300. The van der Waals surface area contributed by atoms with E-state index in [9.17, 15) is 5.11 Å². The summed E-state index contributed by atoms with van der Waals surface area (Å²) in [7, 11) is 0. The van der Waals surface area contributed by atoms with Crippen molar-refractivity contribution in [3.8, 4) is 0 Å². The Balaban J connectivity index is 2.52. The monoisotopic (exact) mass is 154 g/mol. The molecule has 0 spiro atoms. The molecule has 0 bridgehead atoms. The second kappa shape index (κ2) is 3.40. The maximum atomic E-state index is 9.77. The maximum absolute atomic E-state index is 9.77. The average Bonchev–Trinajstić information content (AvgIpc) is 1.92. The lowest BCUT2D eigenvalue weighted by Gasteiger charge is -2.24. The zero-order valence-corrected chi connectivity index (χ0v) is 7.56. The maximum Gasteiger partial charge on any atom is 0.0623 e. The molecular weight excluding hydrogens is 136 g/mol. The third-order valence-electron chi connectivity index (χ3n) is 2.47. The first-order valence-corrected chi connectivity index (χ1v) is 4.48. The molecule has 1 nitrogen and oxygen atoms in total. The van der Waals surface area contributed by atoms with E-state index in [0.717, 1.165) is 32.1 Å². The lowest BCUT2D eigenvalue weighted by atomic mass is 9.89. The molecule has 0 fully saturated rings. The molecule has 1 aliphatic carbocycles. The van der Waals surface area contributed by atoms with E-state index in [4.69, 9.17) is 0 Å². The Bertz CT molecular complexity index is 156. The molecule has 1 rings (SSSR count). The van der Waals surface area contributed by atoms with Crippen LogP contribution in [0.2, 0.25) is 0 Å². The van der Waals surface area contributed by atoms with Crippen LogP contribution < -0.4 is 0 Å². The highest BCUT2D eigenvalue weighted by molar-refractivity contribution is 5.00. The smallest absolute Gasteiger partial charge is 0.0623 e. The minimum absolute atomic E-state index is 0.407. The van der Waals surface area contributed by atoms with Gasteiger partial charge in [0.25, 0.3) is 0 Å². The second-order valence-corrected chi connectivity index (χ2v) is 3.94. The summed E-state index contributed by atoms with van der Waals surface area (Å²) < 4.78 is 0.